The van der Waals surface area contributed by atoms with E-state index in [-0.39, 0.29) is 0 Å². The number of aromatic nitrogens is 6. The Balaban J connectivity index is 0.913. The number of unbranched alkanes of at least 4 members (excludes halogenated alkanes) is 23. The van der Waals surface area contributed by atoms with Crippen LogP contribution in [-0.4, -0.2) is 35.5 Å². The Morgan fingerprint density at radius 3 is 1.06 bits per heavy atom. The highest BCUT2D eigenvalue weighted by molar-refractivity contribution is 7.32. The van der Waals surface area contributed by atoms with E-state index >= 15 is 0 Å². The first-order valence-corrected chi connectivity index (χ1v) is 41.2. The van der Waals surface area contributed by atoms with Crippen molar-refractivity contribution in [1.29, 1.82) is 0 Å². The van der Waals surface area contributed by atoms with Crippen molar-refractivity contribution in [2.45, 2.75) is 226 Å². The highest BCUT2D eigenvalue weighted by Crippen LogP contribution is 2.50. The quantitative estimate of drug-likeness (QED) is 0.0285. The van der Waals surface area contributed by atoms with Gasteiger partial charge in [-0.25, -0.2) is 0 Å². The molecule has 6 nitrogen and oxygen atoms in total. The van der Waals surface area contributed by atoms with Crippen LogP contribution in [0.3, 0.4) is 0 Å². The number of rotatable bonds is 37. The van der Waals surface area contributed by atoms with Gasteiger partial charge in [-0.3, -0.25) is 9.97 Å². The van der Waals surface area contributed by atoms with Crippen LogP contribution in [0, 0.1) is 0 Å². The summed E-state index contributed by atoms with van der Waals surface area (Å²) in [5, 5.41) is 3.35. The number of pyridine rings is 2. The van der Waals surface area contributed by atoms with E-state index in [0.717, 1.165) is 54.3 Å². The summed E-state index contributed by atoms with van der Waals surface area (Å²) in [6.07, 6.45) is 42.7. The van der Waals surface area contributed by atoms with Crippen LogP contribution in [0.25, 0.3) is 93.4 Å². The molecular weight excluding hydrogens is 1200 g/mol. The van der Waals surface area contributed by atoms with Gasteiger partial charge in [-0.05, 0) is 109 Å². The minimum absolute atomic E-state index is 0.925. The molecule has 0 radical (unpaired) electrons. The van der Waals surface area contributed by atoms with Gasteiger partial charge in [0, 0.05) is 72.3 Å². The van der Waals surface area contributed by atoms with E-state index in [9.17, 15) is 0 Å². The first kappa shape index (κ1) is 62.0. The molecule has 0 amide bonds. The van der Waals surface area contributed by atoms with Crippen LogP contribution in [0.1, 0.15) is 211 Å². The van der Waals surface area contributed by atoms with Gasteiger partial charge in [0.15, 0.2) is 0 Å². The van der Waals surface area contributed by atoms with Crippen LogP contribution in [0.5, 0.6) is 0 Å². The molecule has 84 heavy (non-hydrogen) atoms. The maximum Gasteiger partial charge on any atom is 0.132 e. The first-order chi connectivity index (χ1) is 41.5. The molecule has 0 bridgehead atoms. The van der Waals surface area contributed by atoms with Gasteiger partial charge < -0.3 is 0 Å². The third-order valence-corrected chi connectivity index (χ3v) is 31.6. The minimum atomic E-state index is -2.26. The van der Waals surface area contributed by atoms with Crippen molar-refractivity contribution in [3.8, 4) is 71.3 Å². The maximum atomic E-state index is 5.32. The van der Waals surface area contributed by atoms with Crippen molar-refractivity contribution >= 4 is 132 Å². The van der Waals surface area contributed by atoms with Gasteiger partial charge in [-0.15, -0.1) is 68.0 Å². The Morgan fingerprint density at radius 2 is 0.655 bits per heavy atom. The van der Waals surface area contributed by atoms with Crippen molar-refractivity contribution in [3.63, 3.8) is 0 Å². The summed E-state index contributed by atoms with van der Waals surface area (Å²) in [5.74, 6) is 0. The van der Waals surface area contributed by atoms with Gasteiger partial charge in [0.1, 0.15) is 41.5 Å². The second kappa shape index (κ2) is 31.0. The molecule has 0 saturated carbocycles. The highest BCUT2D eigenvalue weighted by Gasteiger charge is 2.48. The van der Waals surface area contributed by atoms with Crippen LogP contribution in [0.4, 0.5) is 0 Å². The standard InChI is InChI=1S/C69H86N6S8Si/c1-5-9-13-17-19-21-23-25-27-31-43-84(42-30-26-24-22-20-18-14-10-6-2)60-44-58(50-46-70-64(66-62(50)72-82-74-66)56-40-38-54(78-56)52-36-34-48(76-52)32-28-15-11-7-3)80-68(60)69-61(84)45-59(81-69)51-47-71-65(67-63(51)73-83-75-67)57-41-39-55(79-57)53-37-35-49(77-53)33-29-16-12-8-4/h34-41,44-47H,5-33,42-43H2,1-4H3. The SMILES string of the molecule is CCCCCCCCCCCC[Si]1(CCCCCCCCCCC)c2cc(-c3cnc(-c4ccc(-c5ccc(CCCCCC)s5)s4)c4nsnc34)sc2-c2sc(-c3cnc(-c4ccc(-c5ccc(CCCCCC)s5)s4)c4nsnc34)cc21. The van der Waals surface area contributed by atoms with Crippen LogP contribution in [0.2, 0.25) is 12.1 Å². The second-order valence-corrected chi connectivity index (χ2v) is 35.7. The Hall–Kier alpha value is -3.64. The zero-order valence-corrected chi connectivity index (χ0v) is 57.8. The topological polar surface area (TPSA) is 77.3 Å². The number of thiophene rings is 6. The zero-order valence-electron chi connectivity index (χ0n) is 50.3. The predicted molar refractivity (Wildman–Crippen MR) is 379 cm³/mol. The first-order valence-electron chi connectivity index (χ1n) is 32.4. The molecule has 15 heteroatoms. The zero-order chi connectivity index (χ0) is 57.5. The lowest BCUT2D eigenvalue weighted by Gasteiger charge is -2.29. The van der Waals surface area contributed by atoms with Gasteiger partial charge >= 0.3 is 0 Å². The molecule has 1 aliphatic rings. The average molecular weight is 1280 g/mol. The van der Waals surface area contributed by atoms with E-state index in [1.54, 1.807) is 10.4 Å². The van der Waals surface area contributed by atoms with Gasteiger partial charge in [0.25, 0.3) is 0 Å². The lowest BCUT2D eigenvalue weighted by atomic mass is 10.1. The summed E-state index contributed by atoms with van der Waals surface area (Å²) < 4.78 is 20.2. The van der Waals surface area contributed by atoms with E-state index < -0.39 is 8.07 Å². The van der Waals surface area contributed by atoms with E-state index in [1.165, 1.54) is 271 Å². The van der Waals surface area contributed by atoms with Crippen molar-refractivity contribution < 1.29 is 0 Å². The Labute approximate surface area is 534 Å². The summed E-state index contributed by atoms with van der Waals surface area (Å²) in [6.45, 7) is 9.22. The second-order valence-electron chi connectivity index (χ2n) is 23.7. The fourth-order valence-corrected chi connectivity index (χ4v) is 27.6. The molecular formula is C69H86N6S8Si. The van der Waals surface area contributed by atoms with Gasteiger partial charge in [-0.1, -0.05) is 188 Å². The van der Waals surface area contributed by atoms with Crippen molar-refractivity contribution in [3.05, 3.63) is 82.8 Å². The Bertz CT molecular complexity index is 3430. The monoisotopic (exact) mass is 1280 g/mol. The number of hydrogen-bond donors (Lipinski definition) is 0. The van der Waals surface area contributed by atoms with Gasteiger partial charge in [0.05, 0.1) is 33.2 Å². The van der Waals surface area contributed by atoms with E-state index in [2.05, 4.69) is 101 Å². The molecule has 10 aromatic heterocycles. The lowest BCUT2D eigenvalue weighted by molar-refractivity contribution is 0.561. The normalized spacial score (nSPS) is 12.9. The molecule has 444 valence electrons. The lowest BCUT2D eigenvalue weighted by Crippen LogP contribution is -2.54. The molecule has 0 aliphatic carbocycles. The average Bonchev–Trinajstić information content (AvgIpc) is 1.87. The minimum Gasteiger partial charge on any atom is -0.252 e. The maximum absolute atomic E-state index is 5.32. The van der Waals surface area contributed by atoms with Crippen LogP contribution < -0.4 is 10.4 Å². The van der Waals surface area contributed by atoms with Crippen molar-refractivity contribution in [2.75, 3.05) is 0 Å². The predicted octanol–water partition coefficient (Wildman–Crippen LogP) is 24.1. The fraction of sp³-hybridized carbons (Fsp3) is 0.507. The molecule has 10 aromatic rings. The molecule has 0 unspecified atom stereocenters. The smallest absolute Gasteiger partial charge is 0.132 e. The van der Waals surface area contributed by atoms with Crippen LogP contribution in [-0.2, 0) is 12.8 Å². The third-order valence-electron chi connectivity index (χ3n) is 17.5. The highest BCUT2D eigenvalue weighted by atomic mass is 32.1. The van der Waals surface area contributed by atoms with Gasteiger partial charge in [0.2, 0.25) is 0 Å². The van der Waals surface area contributed by atoms with Crippen molar-refractivity contribution in [2.24, 2.45) is 0 Å². The fourth-order valence-electron chi connectivity index (χ4n) is 12.8. The number of hydrogen-bond acceptors (Lipinski definition) is 14. The summed E-state index contributed by atoms with van der Waals surface area (Å²) in [4.78, 5) is 26.8. The molecule has 0 aromatic carbocycles. The van der Waals surface area contributed by atoms with Gasteiger partial charge in [-0.2, -0.15) is 17.5 Å². The molecule has 0 fully saturated rings. The van der Waals surface area contributed by atoms with E-state index in [1.807, 2.05) is 68.0 Å². The summed E-state index contributed by atoms with van der Waals surface area (Å²) in [7, 11) is -2.26. The molecule has 1 aliphatic heterocycles. The molecule has 0 spiro atoms. The van der Waals surface area contributed by atoms with E-state index in [4.69, 9.17) is 27.5 Å². The van der Waals surface area contributed by atoms with Crippen LogP contribution >= 0.6 is 91.5 Å². The Morgan fingerprint density at radius 1 is 0.321 bits per heavy atom. The number of fused-ring (bicyclic) bond motifs is 5. The van der Waals surface area contributed by atoms with Crippen LogP contribution in [0.15, 0.2) is 73.1 Å². The summed E-state index contributed by atoms with van der Waals surface area (Å²) in [6, 6.07) is 26.3. The third kappa shape index (κ3) is 14.6. The molecule has 0 saturated heterocycles. The summed E-state index contributed by atoms with van der Waals surface area (Å²) >= 11 is 14.2. The number of aryl methyl sites for hydroxylation is 2. The Kier molecular flexibility index (Phi) is 22.9. The van der Waals surface area contributed by atoms with E-state index in [0.29, 0.717) is 0 Å². The molecule has 0 atom stereocenters. The largest absolute Gasteiger partial charge is 0.252 e. The molecule has 11 heterocycles. The molecule has 11 rings (SSSR count). The molecule has 0 N–H and O–H groups in total. The van der Waals surface area contributed by atoms with Crippen molar-refractivity contribution in [1.82, 2.24) is 27.5 Å². The number of nitrogens with zero attached hydrogens (tertiary/aromatic N) is 6. The summed E-state index contributed by atoms with van der Waals surface area (Å²) in [5.41, 5.74) is 7.97.